The van der Waals surface area contributed by atoms with Gasteiger partial charge in [-0.15, -0.1) is 0 Å². The molecule has 0 saturated heterocycles. The standard InChI is InChI=1S/C20H18N2O4S2/c1-22(2)18-7-3-6-17-16(18)5-4-8-19(17)28(25,26)21-15-10-9-14-11-12-27(23,24)20(14)13-15/h3-13,21H,1-2H3. The predicted molar refractivity (Wildman–Crippen MR) is 112 cm³/mol. The third-order valence-corrected chi connectivity index (χ3v) is 7.53. The molecule has 8 heteroatoms. The first-order chi connectivity index (χ1) is 13.2. The maximum atomic E-state index is 13.1. The number of fused-ring (bicyclic) bond motifs is 2. The van der Waals surface area contributed by atoms with E-state index in [2.05, 4.69) is 4.72 Å². The fraction of sp³-hybridized carbons (Fsp3) is 0.100. The minimum atomic E-state index is -3.92. The van der Waals surface area contributed by atoms with Gasteiger partial charge in [-0.05, 0) is 35.9 Å². The summed E-state index contributed by atoms with van der Waals surface area (Å²) in [5.74, 6) is 0. The molecule has 0 unspecified atom stereocenters. The Kier molecular flexibility index (Phi) is 4.20. The number of rotatable bonds is 4. The molecule has 144 valence electrons. The van der Waals surface area contributed by atoms with E-state index in [9.17, 15) is 16.8 Å². The number of anilines is 2. The molecule has 0 aliphatic carbocycles. The third-order valence-electron chi connectivity index (χ3n) is 4.63. The zero-order chi connectivity index (χ0) is 20.1. The Morgan fingerprint density at radius 1 is 0.929 bits per heavy atom. The van der Waals surface area contributed by atoms with Crippen LogP contribution in [-0.2, 0) is 19.9 Å². The number of hydrogen-bond acceptors (Lipinski definition) is 5. The van der Waals surface area contributed by atoms with Crippen LogP contribution in [0.4, 0.5) is 11.4 Å². The highest BCUT2D eigenvalue weighted by molar-refractivity contribution is 7.95. The van der Waals surface area contributed by atoms with Crippen molar-refractivity contribution in [2.45, 2.75) is 9.79 Å². The van der Waals surface area contributed by atoms with E-state index in [-0.39, 0.29) is 15.5 Å². The first-order valence-corrected chi connectivity index (χ1v) is 11.5. The molecule has 0 radical (unpaired) electrons. The summed E-state index contributed by atoms with van der Waals surface area (Å²) in [5, 5.41) is 2.52. The SMILES string of the molecule is CN(C)c1cccc2c(S(=O)(=O)Nc3ccc4c(c3)S(=O)(=O)C=C4)cccc12. The van der Waals surface area contributed by atoms with Crippen molar-refractivity contribution in [3.05, 3.63) is 65.6 Å². The number of nitrogens with one attached hydrogen (secondary N) is 1. The fourth-order valence-corrected chi connectivity index (χ4v) is 5.82. The van der Waals surface area contributed by atoms with Crippen LogP contribution >= 0.6 is 0 Å². The molecule has 0 saturated carbocycles. The second-order valence-corrected chi connectivity index (χ2v) is 10.2. The summed E-state index contributed by atoms with van der Waals surface area (Å²) in [5.41, 5.74) is 1.65. The van der Waals surface area contributed by atoms with Gasteiger partial charge in [0.05, 0.1) is 15.5 Å². The van der Waals surface area contributed by atoms with E-state index in [0.29, 0.717) is 10.9 Å². The van der Waals surface area contributed by atoms with Gasteiger partial charge in [0.1, 0.15) is 0 Å². The first kappa shape index (κ1) is 18.5. The van der Waals surface area contributed by atoms with E-state index in [1.54, 1.807) is 24.3 Å². The Hall–Kier alpha value is -2.84. The molecule has 0 fully saturated rings. The van der Waals surface area contributed by atoms with E-state index in [0.717, 1.165) is 16.5 Å². The molecule has 3 aromatic carbocycles. The van der Waals surface area contributed by atoms with Crippen LogP contribution in [0.15, 0.2) is 69.8 Å². The second kappa shape index (κ2) is 6.35. The maximum Gasteiger partial charge on any atom is 0.262 e. The molecule has 6 nitrogen and oxygen atoms in total. The summed E-state index contributed by atoms with van der Waals surface area (Å²) in [6.45, 7) is 0. The summed E-state index contributed by atoms with van der Waals surface area (Å²) in [7, 11) is -3.65. The van der Waals surface area contributed by atoms with Crippen molar-refractivity contribution in [2.24, 2.45) is 0 Å². The van der Waals surface area contributed by atoms with Crippen LogP contribution in [0.3, 0.4) is 0 Å². The molecule has 0 bridgehead atoms. The van der Waals surface area contributed by atoms with Gasteiger partial charge < -0.3 is 4.90 Å². The zero-order valence-electron chi connectivity index (χ0n) is 15.2. The Balaban J connectivity index is 1.80. The lowest BCUT2D eigenvalue weighted by molar-refractivity contribution is 0.600. The largest absolute Gasteiger partial charge is 0.377 e. The van der Waals surface area contributed by atoms with Crippen molar-refractivity contribution in [3.63, 3.8) is 0 Å². The van der Waals surface area contributed by atoms with Gasteiger partial charge in [0.2, 0.25) is 9.84 Å². The molecule has 1 aliphatic rings. The average molecular weight is 415 g/mol. The molecule has 1 N–H and O–H groups in total. The molecule has 1 heterocycles. The third kappa shape index (κ3) is 3.04. The molecule has 0 amide bonds. The van der Waals surface area contributed by atoms with Crippen LogP contribution in [0.1, 0.15) is 5.56 Å². The van der Waals surface area contributed by atoms with Gasteiger partial charge in [0.15, 0.2) is 0 Å². The first-order valence-electron chi connectivity index (χ1n) is 8.48. The van der Waals surface area contributed by atoms with E-state index in [4.69, 9.17) is 0 Å². The molecule has 1 aliphatic heterocycles. The van der Waals surface area contributed by atoms with Gasteiger partial charge in [-0.3, -0.25) is 4.72 Å². The normalized spacial score (nSPS) is 14.8. The molecule has 28 heavy (non-hydrogen) atoms. The van der Waals surface area contributed by atoms with Crippen molar-refractivity contribution in [2.75, 3.05) is 23.7 Å². The highest BCUT2D eigenvalue weighted by Crippen LogP contribution is 2.33. The summed E-state index contributed by atoms with van der Waals surface area (Å²) in [6.07, 6.45) is 1.50. The maximum absolute atomic E-state index is 13.1. The predicted octanol–water partition coefficient (Wildman–Crippen LogP) is 3.46. The highest BCUT2D eigenvalue weighted by Gasteiger charge is 2.23. The number of nitrogens with zero attached hydrogens (tertiary/aromatic N) is 1. The zero-order valence-corrected chi connectivity index (χ0v) is 16.9. The number of hydrogen-bond donors (Lipinski definition) is 1. The molecule has 4 rings (SSSR count). The van der Waals surface area contributed by atoms with Crippen LogP contribution in [0.5, 0.6) is 0 Å². The van der Waals surface area contributed by atoms with Gasteiger partial charge >= 0.3 is 0 Å². The Morgan fingerprint density at radius 3 is 2.39 bits per heavy atom. The van der Waals surface area contributed by atoms with Crippen molar-refractivity contribution in [1.82, 2.24) is 0 Å². The van der Waals surface area contributed by atoms with Crippen molar-refractivity contribution >= 4 is 48.1 Å². The van der Waals surface area contributed by atoms with Crippen molar-refractivity contribution in [3.8, 4) is 0 Å². The van der Waals surface area contributed by atoms with Crippen LogP contribution in [0, 0.1) is 0 Å². The summed E-state index contributed by atoms with van der Waals surface area (Å²) >= 11 is 0. The van der Waals surface area contributed by atoms with Crippen LogP contribution < -0.4 is 9.62 Å². The van der Waals surface area contributed by atoms with Gasteiger partial charge in [-0.2, -0.15) is 0 Å². The van der Waals surface area contributed by atoms with Gasteiger partial charge in [-0.1, -0.05) is 30.3 Å². The summed E-state index contributed by atoms with van der Waals surface area (Å²) in [6, 6.07) is 15.1. The lowest BCUT2D eigenvalue weighted by Crippen LogP contribution is -2.14. The van der Waals surface area contributed by atoms with E-state index in [1.165, 1.54) is 18.2 Å². The molecule has 3 aromatic rings. The van der Waals surface area contributed by atoms with E-state index >= 15 is 0 Å². The lowest BCUT2D eigenvalue weighted by atomic mass is 10.1. The topological polar surface area (TPSA) is 83.6 Å². The fourth-order valence-electron chi connectivity index (χ4n) is 3.32. The Bertz CT molecular complexity index is 1340. The molecule has 0 aromatic heterocycles. The van der Waals surface area contributed by atoms with Crippen molar-refractivity contribution in [1.29, 1.82) is 0 Å². The lowest BCUT2D eigenvalue weighted by Gasteiger charge is -2.17. The Morgan fingerprint density at radius 2 is 1.64 bits per heavy atom. The quantitative estimate of drug-likeness (QED) is 0.707. The van der Waals surface area contributed by atoms with Gasteiger partial charge in [0.25, 0.3) is 10.0 Å². The molecular formula is C20H18N2O4S2. The minimum Gasteiger partial charge on any atom is -0.377 e. The smallest absolute Gasteiger partial charge is 0.262 e. The molecule has 0 spiro atoms. The van der Waals surface area contributed by atoms with Gasteiger partial charge in [-0.25, -0.2) is 16.8 Å². The van der Waals surface area contributed by atoms with E-state index < -0.39 is 19.9 Å². The molecular weight excluding hydrogens is 396 g/mol. The van der Waals surface area contributed by atoms with Crippen LogP contribution in [0.25, 0.3) is 16.8 Å². The highest BCUT2D eigenvalue weighted by atomic mass is 32.2. The van der Waals surface area contributed by atoms with Gasteiger partial charge in [0, 0.05) is 36.0 Å². The summed E-state index contributed by atoms with van der Waals surface area (Å²) < 4.78 is 52.7. The average Bonchev–Trinajstić information content (AvgIpc) is 2.95. The number of sulfone groups is 1. The number of benzene rings is 3. The van der Waals surface area contributed by atoms with Crippen LogP contribution in [0.2, 0.25) is 0 Å². The summed E-state index contributed by atoms with van der Waals surface area (Å²) in [4.78, 5) is 2.15. The van der Waals surface area contributed by atoms with Crippen molar-refractivity contribution < 1.29 is 16.8 Å². The number of sulfonamides is 1. The second-order valence-electron chi connectivity index (χ2n) is 6.73. The molecule has 0 atom stereocenters. The van der Waals surface area contributed by atoms with Crippen LogP contribution in [-0.4, -0.2) is 30.9 Å². The Labute approximate surface area is 164 Å². The monoisotopic (exact) mass is 414 g/mol. The minimum absolute atomic E-state index is 0.0977. The van der Waals surface area contributed by atoms with E-state index in [1.807, 2.05) is 37.2 Å².